The van der Waals surface area contributed by atoms with Crippen molar-refractivity contribution in [1.29, 1.82) is 0 Å². The van der Waals surface area contributed by atoms with Crippen molar-refractivity contribution >= 4 is 55.7 Å². The first-order chi connectivity index (χ1) is 28.8. The van der Waals surface area contributed by atoms with Gasteiger partial charge in [-0.2, -0.15) is 0 Å². The third-order valence-electron chi connectivity index (χ3n) is 11.1. The molecule has 0 aliphatic rings. The van der Waals surface area contributed by atoms with Gasteiger partial charge >= 0.3 is 0 Å². The summed E-state index contributed by atoms with van der Waals surface area (Å²) in [5.74, 6) is 0. The first-order valence-corrected chi connectivity index (χ1v) is 19.8. The molecule has 0 aliphatic heterocycles. The number of hydrogen-bond acceptors (Lipinski definition) is 2. The molecule has 0 N–H and O–H groups in total. The molecule has 0 unspecified atom stereocenters. The highest BCUT2D eigenvalue weighted by Gasteiger charge is 2.18. The average molecular weight is 741 g/mol. The van der Waals surface area contributed by atoms with Crippen LogP contribution in [0.4, 0.5) is 34.1 Å². The Morgan fingerprint density at radius 1 is 0.190 bits per heavy atom. The number of nitrogens with zero attached hydrogens (tertiary/aromatic N) is 2. The predicted octanol–water partition coefficient (Wildman–Crippen LogP) is 15.9. The van der Waals surface area contributed by atoms with E-state index in [1.165, 1.54) is 54.9 Å². The van der Waals surface area contributed by atoms with E-state index >= 15 is 0 Å². The molecule has 0 atom stereocenters. The molecule has 0 radical (unpaired) electrons. The van der Waals surface area contributed by atoms with Gasteiger partial charge in [0.2, 0.25) is 0 Å². The Hall–Kier alpha value is -7.68. The molecule has 10 rings (SSSR count). The Kier molecular flexibility index (Phi) is 9.27. The summed E-state index contributed by atoms with van der Waals surface area (Å²) in [4.78, 5) is 4.72. The Balaban J connectivity index is 0.980. The van der Waals surface area contributed by atoms with E-state index in [1.54, 1.807) is 0 Å². The van der Waals surface area contributed by atoms with Crippen LogP contribution in [0.2, 0.25) is 0 Å². The molecule has 58 heavy (non-hydrogen) atoms. The minimum atomic E-state index is 1.10. The first kappa shape index (κ1) is 34.8. The molecule has 2 nitrogen and oxygen atoms in total. The van der Waals surface area contributed by atoms with E-state index in [4.69, 9.17) is 0 Å². The first-order valence-electron chi connectivity index (χ1n) is 19.8. The lowest BCUT2D eigenvalue weighted by molar-refractivity contribution is 1.29. The summed E-state index contributed by atoms with van der Waals surface area (Å²) < 4.78 is 0. The molecule has 0 aliphatic carbocycles. The van der Waals surface area contributed by atoms with Crippen molar-refractivity contribution in [1.82, 2.24) is 0 Å². The highest BCUT2D eigenvalue weighted by Crippen LogP contribution is 2.42. The summed E-state index contributed by atoms with van der Waals surface area (Å²) in [6.45, 7) is 0. The summed E-state index contributed by atoms with van der Waals surface area (Å²) >= 11 is 0. The lowest BCUT2D eigenvalue weighted by atomic mass is 9.99. The maximum absolute atomic E-state index is 2.37. The number of para-hydroxylation sites is 1. The van der Waals surface area contributed by atoms with Gasteiger partial charge in [0.15, 0.2) is 0 Å². The molecular weight excluding hydrogens is 701 g/mol. The fraction of sp³-hybridized carbons (Fsp3) is 0. The van der Waals surface area contributed by atoms with E-state index in [2.05, 4.69) is 252 Å². The molecule has 2 heteroatoms. The Bertz CT molecular complexity index is 2940. The van der Waals surface area contributed by atoms with Crippen molar-refractivity contribution in [2.24, 2.45) is 0 Å². The van der Waals surface area contributed by atoms with Gasteiger partial charge in [0.1, 0.15) is 0 Å². The zero-order valence-corrected chi connectivity index (χ0v) is 32.0. The van der Waals surface area contributed by atoms with Gasteiger partial charge in [0.05, 0.1) is 11.4 Å². The number of rotatable bonds is 9. The fourth-order valence-electron chi connectivity index (χ4n) is 8.13. The van der Waals surface area contributed by atoms with Crippen molar-refractivity contribution in [2.45, 2.75) is 0 Å². The Morgan fingerprint density at radius 3 is 0.862 bits per heavy atom. The number of anilines is 6. The Morgan fingerprint density at radius 2 is 0.466 bits per heavy atom. The van der Waals surface area contributed by atoms with Gasteiger partial charge in [-0.15, -0.1) is 0 Å². The van der Waals surface area contributed by atoms with Crippen LogP contribution in [-0.2, 0) is 0 Å². The summed E-state index contributed by atoms with van der Waals surface area (Å²) in [5, 5.41) is 4.86. The van der Waals surface area contributed by atoms with E-state index in [0.717, 1.165) is 34.1 Å². The van der Waals surface area contributed by atoms with E-state index in [9.17, 15) is 0 Å². The molecule has 0 amide bonds. The molecule has 0 spiro atoms. The molecular formula is C56H40N2. The highest BCUT2D eigenvalue weighted by atomic mass is 15.1. The maximum Gasteiger partial charge on any atom is 0.0540 e. The zero-order valence-electron chi connectivity index (χ0n) is 32.0. The van der Waals surface area contributed by atoms with Crippen LogP contribution < -0.4 is 9.80 Å². The molecule has 274 valence electrons. The van der Waals surface area contributed by atoms with Gasteiger partial charge in [-0.3, -0.25) is 0 Å². The van der Waals surface area contributed by atoms with Crippen molar-refractivity contribution in [3.05, 3.63) is 243 Å². The van der Waals surface area contributed by atoms with Crippen LogP contribution in [0, 0.1) is 0 Å². The summed E-state index contributed by atoms with van der Waals surface area (Å²) in [6.07, 6.45) is 0. The summed E-state index contributed by atoms with van der Waals surface area (Å²) in [7, 11) is 0. The van der Waals surface area contributed by atoms with Gasteiger partial charge in [-0.1, -0.05) is 182 Å². The van der Waals surface area contributed by atoms with Crippen molar-refractivity contribution in [3.63, 3.8) is 0 Å². The van der Waals surface area contributed by atoms with E-state index in [1.807, 2.05) is 0 Å². The molecule has 0 heterocycles. The van der Waals surface area contributed by atoms with Crippen LogP contribution in [0.1, 0.15) is 0 Å². The number of fused-ring (bicyclic) bond motifs is 2. The van der Waals surface area contributed by atoms with Crippen LogP contribution in [-0.4, -0.2) is 0 Å². The largest absolute Gasteiger partial charge is 0.310 e. The highest BCUT2D eigenvalue weighted by molar-refractivity contribution is 6.00. The molecule has 0 aromatic heterocycles. The lowest BCUT2D eigenvalue weighted by Gasteiger charge is -2.27. The minimum absolute atomic E-state index is 1.10. The molecule has 0 saturated carbocycles. The number of benzene rings is 10. The quantitative estimate of drug-likeness (QED) is 0.145. The topological polar surface area (TPSA) is 6.48 Å². The van der Waals surface area contributed by atoms with Gasteiger partial charge in [0, 0.05) is 33.5 Å². The molecule has 0 fully saturated rings. The second-order valence-electron chi connectivity index (χ2n) is 14.6. The maximum atomic E-state index is 2.37. The van der Waals surface area contributed by atoms with Gasteiger partial charge in [0.25, 0.3) is 0 Å². The van der Waals surface area contributed by atoms with Crippen molar-refractivity contribution in [3.8, 4) is 33.4 Å². The van der Waals surface area contributed by atoms with Crippen LogP contribution in [0.15, 0.2) is 243 Å². The summed E-state index contributed by atoms with van der Waals surface area (Å²) in [5.41, 5.74) is 13.9. The minimum Gasteiger partial charge on any atom is -0.310 e. The molecule has 0 bridgehead atoms. The molecule has 10 aromatic carbocycles. The van der Waals surface area contributed by atoms with Crippen LogP contribution in [0.5, 0.6) is 0 Å². The smallest absolute Gasteiger partial charge is 0.0540 e. The monoisotopic (exact) mass is 740 g/mol. The number of hydrogen-bond donors (Lipinski definition) is 0. The average Bonchev–Trinajstić information content (AvgIpc) is 3.31. The standard InChI is InChI=1S/C56H40N2/c1-3-13-41(14-4-1)42-25-27-43(28-26-42)44-29-37-51(38-30-44)58(56-24-12-18-48-16-8-10-22-54(48)56)52-39-33-46(34-40-52)45-31-35-50(36-32-45)57(49-19-5-2-6-20-49)55-23-11-17-47-15-7-9-21-53(47)55/h1-40H. The molecule has 0 saturated heterocycles. The van der Waals surface area contributed by atoms with Crippen LogP contribution in [0.3, 0.4) is 0 Å². The van der Waals surface area contributed by atoms with Gasteiger partial charge in [-0.25, -0.2) is 0 Å². The second kappa shape index (κ2) is 15.5. The third kappa shape index (κ3) is 6.78. The predicted molar refractivity (Wildman–Crippen MR) is 247 cm³/mol. The third-order valence-corrected chi connectivity index (χ3v) is 11.1. The lowest BCUT2D eigenvalue weighted by Crippen LogP contribution is -2.10. The Labute approximate surface area is 340 Å². The zero-order chi connectivity index (χ0) is 38.7. The van der Waals surface area contributed by atoms with Gasteiger partial charge in [-0.05, 0) is 105 Å². The van der Waals surface area contributed by atoms with Crippen LogP contribution >= 0.6 is 0 Å². The SMILES string of the molecule is c1ccc(-c2ccc(-c3ccc(N(c4ccc(-c5ccc(N(c6ccccc6)c6cccc7ccccc67)cc5)cc4)c4cccc5ccccc45)cc3)cc2)cc1. The van der Waals surface area contributed by atoms with Crippen LogP contribution in [0.25, 0.3) is 54.9 Å². The normalized spacial score (nSPS) is 11.1. The second-order valence-corrected chi connectivity index (χ2v) is 14.6. The fourth-order valence-corrected chi connectivity index (χ4v) is 8.13. The van der Waals surface area contributed by atoms with Crippen molar-refractivity contribution < 1.29 is 0 Å². The van der Waals surface area contributed by atoms with Crippen molar-refractivity contribution in [2.75, 3.05) is 9.80 Å². The van der Waals surface area contributed by atoms with E-state index < -0.39 is 0 Å². The summed E-state index contributed by atoms with van der Waals surface area (Å²) in [6, 6.07) is 87.2. The van der Waals surface area contributed by atoms with E-state index in [-0.39, 0.29) is 0 Å². The van der Waals surface area contributed by atoms with E-state index in [0.29, 0.717) is 0 Å². The van der Waals surface area contributed by atoms with Gasteiger partial charge < -0.3 is 9.80 Å². The molecule has 10 aromatic rings.